The van der Waals surface area contributed by atoms with Crippen LogP contribution in [0.2, 0.25) is 0 Å². The molecule has 1 nitrogen and oxygen atoms in total. The van der Waals surface area contributed by atoms with E-state index in [0.29, 0.717) is 11.8 Å². The van der Waals surface area contributed by atoms with E-state index in [1.165, 1.54) is 19.3 Å². The second kappa shape index (κ2) is 5.59. The fourth-order valence-electron chi connectivity index (χ4n) is 1.57. The molecule has 0 aliphatic carbocycles. The van der Waals surface area contributed by atoms with Gasteiger partial charge in [-0.2, -0.15) is 0 Å². The Bertz CT molecular complexity index is 78.9. The van der Waals surface area contributed by atoms with Crippen molar-refractivity contribution in [3.05, 3.63) is 0 Å². The molecule has 2 atom stereocenters. The highest BCUT2D eigenvalue weighted by Gasteiger charge is 2.17. The predicted molar refractivity (Wildman–Crippen MR) is 49.5 cm³/mol. The van der Waals surface area contributed by atoms with Crippen LogP contribution in [0.3, 0.4) is 0 Å². The summed E-state index contributed by atoms with van der Waals surface area (Å²) in [5.74, 6) is 1.11. The van der Waals surface area contributed by atoms with E-state index < -0.39 is 0 Å². The molecule has 0 spiro atoms. The van der Waals surface area contributed by atoms with Crippen LogP contribution in [0.4, 0.5) is 0 Å². The Morgan fingerprint density at radius 2 is 1.73 bits per heavy atom. The van der Waals surface area contributed by atoms with E-state index in [2.05, 4.69) is 20.8 Å². The smallest absolute Gasteiger partial charge is 0.0542 e. The van der Waals surface area contributed by atoms with E-state index in [4.69, 9.17) is 0 Å². The lowest BCUT2D eigenvalue weighted by Crippen LogP contribution is -2.22. The lowest BCUT2D eigenvalue weighted by Gasteiger charge is -2.23. The first-order valence-electron chi connectivity index (χ1n) is 4.77. The first kappa shape index (κ1) is 11.0. The van der Waals surface area contributed by atoms with Gasteiger partial charge in [0.15, 0.2) is 0 Å². The second-order valence-corrected chi connectivity index (χ2v) is 3.79. The van der Waals surface area contributed by atoms with E-state index in [-0.39, 0.29) is 6.10 Å². The third-order valence-electron chi connectivity index (χ3n) is 2.37. The van der Waals surface area contributed by atoms with Crippen LogP contribution >= 0.6 is 0 Å². The highest BCUT2D eigenvalue weighted by molar-refractivity contribution is 4.67. The zero-order chi connectivity index (χ0) is 8.85. The average Bonchev–Trinajstić information content (AvgIpc) is 1.87. The van der Waals surface area contributed by atoms with E-state index in [1.54, 1.807) is 0 Å². The van der Waals surface area contributed by atoms with Crippen molar-refractivity contribution in [3.8, 4) is 0 Å². The maximum Gasteiger partial charge on any atom is 0.0542 e. The summed E-state index contributed by atoms with van der Waals surface area (Å²) >= 11 is 0. The average molecular weight is 158 g/mol. The largest absolute Gasteiger partial charge is 0.393 e. The first-order chi connectivity index (χ1) is 5.09. The van der Waals surface area contributed by atoms with E-state index in [9.17, 15) is 5.11 Å². The molecular formula is C10H22O. The van der Waals surface area contributed by atoms with Gasteiger partial charge in [0.1, 0.15) is 0 Å². The molecule has 68 valence electrons. The van der Waals surface area contributed by atoms with E-state index in [1.807, 2.05) is 6.92 Å². The van der Waals surface area contributed by atoms with E-state index >= 15 is 0 Å². The molecule has 0 amide bonds. The van der Waals surface area contributed by atoms with Crippen LogP contribution in [0, 0.1) is 11.8 Å². The van der Waals surface area contributed by atoms with Gasteiger partial charge < -0.3 is 5.11 Å². The lowest BCUT2D eigenvalue weighted by molar-refractivity contribution is 0.0904. The number of unbranched alkanes of at least 4 members (excludes halogenated alkanes) is 1. The number of rotatable bonds is 5. The molecule has 1 N–H and O–H groups in total. The molecule has 1 heteroatoms. The van der Waals surface area contributed by atoms with E-state index in [0.717, 1.165) is 0 Å². The molecule has 0 aliphatic heterocycles. The standard InChI is InChI=1S/C10H22O/c1-5-6-7-10(8(2)3)9(4)11/h8-11H,5-7H2,1-4H3. The van der Waals surface area contributed by atoms with Gasteiger partial charge in [0.25, 0.3) is 0 Å². The molecule has 11 heavy (non-hydrogen) atoms. The van der Waals surface area contributed by atoms with Crippen molar-refractivity contribution >= 4 is 0 Å². The third kappa shape index (κ3) is 4.41. The first-order valence-corrected chi connectivity index (χ1v) is 4.77. The molecule has 0 heterocycles. The quantitative estimate of drug-likeness (QED) is 0.652. The Kier molecular flexibility index (Phi) is 5.57. The van der Waals surface area contributed by atoms with Crippen molar-refractivity contribution in [1.82, 2.24) is 0 Å². The van der Waals surface area contributed by atoms with Crippen LogP contribution in [0.25, 0.3) is 0 Å². The molecular weight excluding hydrogens is 136 g/mol. The summed E-state index contributed by atoms with van der Waals surface area (Å²) in [5, 5.41) is 9.41. The van der Waals surface area contributed by atoms with Crippen molar-refractivity contribution in [2.75, 3.05) is 0 Å². The zero-order valence-corrected chi connectivity index (χ0v) is 8.30. The summed E-state index contributed by atoms with van der Waals surface area (Å²) < 4.78 is 0. The number of aliphatic hydroxyl groups is 1. The van der Waals surface area contributed by atoms with Crippen LogP contribution in [-0.4, -0.2) is 11.2 Å². The minimum absolute atomic E-state index is 0.137. The molecule has 0 fully saturated rings. The van der Waals surface area contributed by atoms with Gasteiger partial charge >= 0.3 is 0 Å². The fourth-order valence-corrected chi connectivity index (χ4v) is 1.57. The normalized spacial score (nSPS) is 16.9. The predicted octanol–water partition coefficient (Wildman–Crippen LogP) is 2.83. The molecule has 2 unspecified atom stereocenters. The fraction of sp³-hybridized carbons (Fsp3) is 1.00. The van der Waals surface area contributed by atoms with Crippen LogP contribution in [0.1, 0.15) is 47.0 Å². The molecule has 0 rings (SSSR count). The maximum atomic E-state index is 9.41. The van der Waals surface area contributed by atoms with Crippen LogP contribution in [0.5, 0.6) is 0 Å². The number of aliphatic hydroxyl groups excluding tert-OH is 1. The van der Waals surface area contributed by atoms with Gasteiger partial charge in [0.05, 0.1) is 6.10 Å². The van der Waals surface area contributed by atoms with Gasteiger partial charge in [-0.1, -0.05) is 33.6 Å². The van der Waals surface area contributed by atoms with Crippen molar-refractivity contribution in [2.45, 2.75) is 53.1 Å². The lowest BCUT2D eigenvalue weighted by atomic mass is 9.87. The van der Waals surface area contributed by atoms with Crippen molar-refractivity contribution in [3.63, 3.8) is 0 Å². The van der Waals surface area contributed by atoms with Gasteiger partial charge in [0.2, 0.25) is 0 Å². The SMILES string of the molecule is CCCCC(C(C)C)C(C)O. The summed E-state index contributed by atoms with van der Waals surface area (Å²) in [6, 6.07) is 0. The summed E-state index contributed by atoms with van der Waals surface area (Å²) in [6.45, 7) is 8.47. The van der Waals surface area contributed by atoms with Crippen molar-refractivity contribution < 1.29 is 5.11 Å². The molecule has 0 aromatic carbocycles. The third-order valence-corrected chi connectivity index (χ3v) is 2.37. The topological polar surface area (TPSA) is 20.2 Å². The van der Waals surface area contributed by atoms with Gasteiger partial charge in [-0.05, 0) is 25.2 Å². The van der Waals surface area contributed by atoms with Gasteiger partial charge in [-0.15, -0.1) is 0 Å². The summed E-state index contributed by atoms with van der Waals surface area (Å²) in [7, 11) is 0. The number of hydrogen-bond acceptors (Lipinski definition) is 1. The zero-order valence-electron chi connectivity index (χ0n) is 8.30. The summed E-state index contributed by atoms with van der Waals surface area (Å²) in [6.07, 6.45) is 3.51. The molecule has 0 saturated heterocycles. The minimum atomic E-state index is -0.137. The number of hydrogen-bond donors (Lipinski definition) is 1. The van der Waals surface area contributed by atoms with Gasteiger partial charge in [0, 0.05) is 0 Å². The molecule has 0 bridgehead atoms. The minimum Gasteiger partial charge on any atom is -0.393 e. The molecule has 0 aliphatic rings. The summed E-state index contributed by atoms with van der Waals surface area (Å²) in [5.41, 5.74) is 0. The van der Waals surface area contributed by atoms with Crippen LogP contribution < -0.4 is 0 Å². The van der Waals surface area contributed by atoms with Gasteiger partial charge in [-0.25, -0.2) is 0 Å². The highest BCUT2D eigenvalue weighted by Crippen LogP contribution is 2.21. The Hall–Kier alpha value is -0.0400. The second-order valence-electron chi connectivity index (χ2n) is 3.79. The van der Waals surface area contributed by atoms with Gasteiger partial charge in [-0.3, -0.25) is 0 Å². The molecule has 0 aromatic heterocycles. The molecule has 0 radical (unpaired) electrons. The molecule has 0 aromatic rings. The Balaban J connectivity index is 3.70. The highest BCUT2D eigenvalue weighted by atomic mass is 16.3. The monoisotopic (exact) mass is 158 g/mol. The Labute approximate surface area is 70.8 Å². The van der Waals surface area contributed by atoms with Crippen LogP contribution in [0.15, 0.2) is 0 Å². The van der Waals surface area contributed by atoms with Crippen LogP contribution in [-0.2, 0) is 0 Å². The Morgan fingerprint density at radius 3 is 2.00 bits per heavy atom. The maximum absolute atomic E-state index is 9.41. The Morgan fingerprint density at radius 1 is 1.18 bits per heavy atom. The van der Waals surface area contributed by atoms with Crippen molar-refractivity contribution in [1.29, 1.82) is 0 Å². The summed E-state index contributed by atoms with van der Waals surface area (Å²) in [4.78, 5) is 0. The van der Waals surface area contributed by atoms with Crippen molar-refractivity contribution in [2.24, 2.45) is 11.8 Å². The molecule has 0 saturated carbocycles.